The van der Waals surface area contributed by atoms with Gasteiger partial charge in [-0.15, -0.1) is 0 Å². The highest BCUT2D eigenvalue weighted by Gasteiger charge is 2.33. The van der Waals surface area contributed by atoms with E-state index in [0.717, 1.165) is 41.3 Å². The van der Waals surface area contributed by atoms with Crippen LogP contribution in [0.2, 0.25) is 0 Å². The number of rotatable bonds is 7. The monoisotopic (exact) mass is 382 g/mol. The van der Waals surface area contributed by atoms with E-state index in [2.05, 4.69) is 5.32 Å². The largest absolute Gasteiger partial charge is 0.489 e. The van der Waals surface area contributed by atoms with E-state index in [9.17, 15) is 9.59 Å². The molecule has 0 aromatic heterocycles. The lowest BCUT2D eigenvalue weighted by atomic mass is 9.96. The first-order chi connectivity index (χ1) is 13.5. The van der Waals surface area contributed by atoms with Gasteiger partial charge in [-0.25, -0.2) is 0 Å². The lowest BCUT2D eigenvalue weighted by molar-refractivity contribution is -0.921. The molecule has 0 aliphatic carbocycles. The van der Waals surface area contributed by atoms with Crippen LogP contribution in [-0.4, -0.2) is 30.9 Å². The van der Waals surface area contributed by atoms with Gasteiger partial charge in [0.15, 0.2) is 6.04 Å². The summed E-state index contributed by atoms with van der Waals surface area (Å²) in [6.45, 7) is 3.90. The number of primary amides is 1. The Balaban J connectivity index is 1.51. The highest BCUT2D eigenvalue weighted by molar-refractivity contribution is 5.93. The lowest BCUT2D eigenvalue weighted by Gasteiger charge is -2.31. The lowest BCUT2D eigenvalue weighted by Crippen LogP contribution is -3.18. The molecule has 0 spiro atoms. The number of ether oxygens (including phenoxy) is 1. The molecular formula is C22H28N3O3+. The van der Waals surface area contributed by atoms with Gasteiger partial charge in [-0.2, -0.15) is 0 Å². The Kier molecular flexibility index (Phi) is 6.66. The third-order valence-corrected chi connectivity index (χ3v) is 5.34. The minimum absolute atomic E-state index is 0.0573. The Morgan fingerprint density at radius 3 is 2.57 bits per heavy atom. The molecule has 28 heavy (non-hydrogen) atoms. The topological polar surface area (TPSA) is 85.9 Å². The number of quaternary nitrogens is 1. The minimum Gasteiger partial charge on any atom is -0.489 e. The molecule has 2 aromatic carbocycles. The molecule has 148 valence electrons. The van der Waals surface area contributed by atoms with Crippen molar-refractivity contribution in [2.45, 2.75) is 32.4 Å². The first-order valence-electron chi connectivity index (χ1n) is 9.74. The van der Waals surface area contributed by atoms with Gasteiger partial charge in [0, 0.05) is 5.69 Å². The van der Waals surface area contributed by atoms with Crippen LogP contribution in [0.15, 0.2) is 54.6 Å². The van der Waals surface area contributed by atoms with E-state index in [0.29, 0.717) is 13.2 Å². The number of anilines is 1. The molecule has 1 aliphatic heterocycles. The zero-order valence-corrected chi connectivity index (χ0v) is 16.2. The summed E-state index contributed by atoms with van der Waals surface area (Å²) in [5, 5.41) is 2.95. The van der Waals surface area contributed by atoms with Crippen LogP contribution in [0.5, 0.6) is 5.75 Å². The van der Waals surface area contributed by atoms with Gasteiger partial charge in [-0.1, -0.05) is 30.3 Å². The highest BCUT2D eigenvalue weighted by atomic mass is 16.5. The SMILES string of the molecule is C[C@@H](C(=O)Nc1ccc(OCc2ccccc2)cc1)[NH+]1CCC[C@H](C(N)=O)C1. The molecule has 6 nitrogen and oxygen atoms in total. The van der Waals surface area contributed by atoms with Gasteiger partial charge in [0.05, 0.1) is 19.0 Å². The first-order valence-corrected chi connectivity index (χ1v) is 9.74. The molecular weight excluding hydrogens is 354 g/mol. The zero-order valence-electron chi connectivity index (χ0n) is 16.2. The normalized spacial score (nSPS) is 20.2. The standard InChI is InChI=1S/C22H27N3O3/c1-16(25-13-5-8-18(14-25)21(23)26)22(27)24-19-9-11-20(12-10-19)28-15-17-6-3-2-4-7-17/h2-4,6-7,9-12,16,18H,5,8,13-15H2,1H3,(H2,23,26)(H,24,27)/p+1/t16-,18-/m0/s1. The summed E-state index contributed by atoms with van der Waals surface area (Å²) in [4.78, 5) is 25.2. The van der Waals surface area contributed by atoms with Gasteiger partial charge in [0.25, 0.3) is 5.91 Å². The molecule has 6 heteroatoms. The second-order valence-corrected chi connectivity index (χ2v) is 7.36. The Morgan fingerprint density at radius 1 is 1.18 bits per heavy atom. The van der Waals surface area contributed by atoms with E-state index in [1.54, 1.807) is 0 Å². The van der Waals surface area contributed by atoms with Crippen molar-refractivity contribution in [3.63, 3.8) is 0 Å². The van der Waals surface area contributed by atoms with Gasteiger partial charge in [-0.05, 0) is 49.6 Å². The molecule has 1 unspecified atom stereocenters. The predicted molar refractivity (Wildman–Crippen MR) is 108 cm³/mol. The molecule has 2 amide bonds. The third kappa shape index (κ3) is 5.33. The van der Waals surface area contributed by atoms with Crippen LogP contribution in [0, 0.1) is 5.92 Å². The Bertz CT molecular complexity index is 792. The minimum atomic E-state index is -0.268. The van der Waals surface area contributed by atoms with Crippen molar-refractivity contribution in [2.75, 3.05) is 18.4 Å². The van der Waals surface area contributed by atoms with Crippen LogP contribution in [-0.2, 0) is 16.2 Å². The second-order valence-electron chi connectivity index (χ2n) is 7.36. The smallest absolute Gasteiger partial charge is 0.282 e. The van der Waals surface area contributed by atoms with Crippen LogP contribution in [0.3, 0.4) is 0 Å². The molecule has 1 fully saturated rings. The molecule has 0 saturated carbocycles. The van der Waals surface area contributed by atoms with Crippen LogP contribution in [0.4, 0.5) is 5.69 Å². The number of nitrogens with one attached hydrogen (secondary N) is 2. The average molecular weight is 382 g/mol. The van der Waals surface area contributed by atoms with Crippen molar-refractivity contribution in [1.29, 1.82) is 0 Å². The maximum absolute atomic E-state index is 12.6. The fourth-order valence-electron chi connectivity index (χ4n) is 3.54. The second kappa shape index (κ2) is 9.37. The fourth-order valence-corrected chi connectivity index (χ4v) is 3.54. The average Bonchev–Trinajstić information content (AvgIpc) is 2.73. The maximum Gasteiger partial charge on any atom is 0.282 e. The summed E-state index contributed by atoms with van der Waals surface area (Å²) >= 11 is 0. The van der Waals surface area contributed by atoms with Crippen molar-refractivity contribution >= 4 is 17.5 Å². The number of benzene rings is 2. The zero-order chi connectivity index (χ0) is 19.9. The Hall–Kier alpha value is -2.86. The van der Waals surface area contributed by atoms with E-state index in [4.69, 9.17) is 10.5 Å². The molecule has 0 bridgehead atoms. The van der Waals surface area contributed by atoms with Crippen molar-refractivity contribution in [3.8, 4) is 5.75 Å². The molecule has 1 saturated heterocycles. The number of piperidine rings is 1. The summed E-state index contributed by atoms with van der Waals surface area (Å²) in [5.74, 6) is 0.287. The van der Waals surface area contributed by atoms with Crippen LogP contribution in [0.1, 0.15) is 25.3 Å². The van der Waals surface area contributed by atoms with E-state index in [1.807, 2.05) is 61.5 Å². The van der Waals surface area contributed by atoms with E-state index < -0.39 is 0 Å². The van der Waals surface area contributed by atoms with Crippen molar-refractivity contribution in [2.24, 2.45) is 11.7 Å². The summed E-state index contributed by atoms with van der Waals surface area (Å²) in [5.41, 5.74) is 7.27. The molecule has 2 aromatic rings. The molecule has 4 N–H and O–H groups in total. The molecule has 1 aliphatic rings. The van der Waals surface area contributed by atoms with Crippen molar-refractivity contribution in [1.82, 2.24) is 0 Å². The first kappa shape index (κ1) is 19.9. The predicted octanol–water partition coefficient (Wildman–Crippen LogP) is 1.37. The van der Waals surface area contributed by atoms with Crippen LogP contribution >= 0.6 is 0 Å². The maximum atomic E-state index is 12.6. The Labute approximate surface area is 165 Å². The van der Waals surface area contributed by atoms with Crippen molar-refractivity contribution < 1.29 is 19.2 Å². The van der Waals surface area contributed by atoms with E-state index in [1.165, 1.54) is 0 Å². The van der Waals surface area contributed by atoms with E-state index in [-0.39, 0.29) is 23.8 Å². The Morgan fingerprint density at radius 2 is 1.89 bits per heavy atom. The van der Waals surface area contributed by atoms with Gasteiger partial charge in [-0.3, -0.25) is 9.59 Å². The summed E-state index contributed by atoms with van der Waals surface area (Å²) in [6.07, 6.45) is 1.73. The third-order valence-electron chi connectivity index (χ3n) is 5.34. The van der Waals surface area contributed by atoms with E-state index >= 15 is 0 Å². The summed E-state index contributed by atoms with van der Waals surface area (Å²) in [6, 6.07) is 17.1. The number of likely N-dealkylation sites (tertiary alicyclic amines) is 1. The van der Waals surface area contributed by atoms with Gasteiger partial charge in [0.2, 0.25) is 5.91 Å². The summed E-state index contributed by atoms with van der Waals surface area (Å²) < 4.78 is 5.77. The van der Waals surface area contributed by atoms with Crippen LogP contribution < -0.4 is 20.7 Å². The number of carbonyl (C=O) groups is 2. The number of hydrogen-bond acceptors (Lipinski definition) is 3. The van der Waals surface area contributed by atoms with Gasteiger partial charge in [0.1, 0.15) is 12.4 Å². The number of nitrogens with two attached hydrogens (primary N) is 1. The number of hydrogen-bond donors (Lipinski definition) is 3. The highest BCUT2D eigenvalue weighted by Crippen LogP contribution is 2.17. The quantitative estimate of drug-likeness (QED) is 0.676. The van der Waals surface area contributed by atoms with Gasteiger partial charge >= 0.3 is 0 Å². The van der Waals surface area contributed by atoms with Gasteiger partial charge < -0.3 is 20.7 Å². The number of carbonyl (C=O) groups excluding carboxylic acids is 2. The summed E-state index contributed by atoms with van der Waals surface area (Å²) in [7, 11) is 0. The van der Waals surface area contributed by atoms with Crippen molar-refractivity contribution in [3.05, 3.63) is 60.2 Å². The fraction of sp³-hybridized carbons (Fsp3) is 0.364. The number of amides is 2. The molecule has 3 atom stereocenters. The van der Waals surface area contributed by atoms with Crippen LogP contribution in [0.25, 0.3) is 0 Å². The molecule has 1 heterocycles. The molecule has 3 rings (SSSR count). The molecule has 0 radical (unpaired) electrons.